The largest absolute Gasteiger partial charge is 0.481 e. The minimum absolute atomic E-state index is 0.00213. The summed E-state index contributed by atoms with van der Waals surface area (Å²) in [6.45, 7) is 1.92. The lowest BCUT2D eigenvalue weighted by Gasteiger charge is -2.41. The van der Waals surface area contributed by atoms with Gasteiger partial charge in [0, 0.05) is 12.7 Å². The highest BCUT2D eigenvalue weighted by atomic mass is 16.4. The van der Waals surface area contributed by atoms with Gasteiger partial charge in [-0.1, -0.05) is 0 Å². The quantitative estimate of drug-likeness (QED) is 0.849. The fourth-order valence-electron chi connectivity index (χ4n) is 2.39. The van der Waals surface area contributed by atoms with Gasteiger partial charge in [-0.25, -0.2) is 0 Å². The number of aryl methyl sites for hydroxylation is 1. The summed E-state index contributed by atoms with van der Waals surface area (Å²) in [4.78, 5) is 23.0. The maximum absolute atomic E-state index is 12.1. The maximum Gasteiger partial charge on any atom is 0.305 e. The first-order chi connectivity index (χ1) is 8.43. The number of nitrogens with one attached hydrogen (secondary N) is 1. The van der Waals surface area contributed by atoms with Crippen LogP contribution in [-0.2, 0) is 11.8 Å². The van der Waals surface area contributed by atoms with Gasteiger partial charge in [-0.2, -0.15) is 0 Å². The number of hydrogen-bond acceptors (Lipinski definition) is 2. The van der Waals surface area contributed by atoms with Crippen LogP contribution in [-0.4, -0.2) is 27.1 Å². The van der Waals surface area contributed by atoms with E-state index in [2.05, 4.69) is 5.32 Å². The fourth-order valence-corrected chi connectivity index (χ4v) is 2.39. The van der Waals surface area contributed by atoms with E-state index in [1.165, 1.54) is 0 Å². The van der Waals surface area contributed by atoms with Crippen LogP contribution >= 0.6 is 0 Å². The first kappa shape index (κ1) is 12.7. The van der Waals surface area contributed by atoms with Gasteiger partial charge in [-0.15, -0.1) is 0 Å². The van der Waals surface area contributed by atoms with Crippen LogP contribution in [0.3, 0.4) is 0 Å². The minimum atomic E-state index is -0.863. The number of aliphatic carboxylic acids is 1. The standard InChI is InChI=1S/C13H18N2O3/c1-9-4-5-10(15(9)2)12(18)14-13(6-3-7-13)8-11(16)17/h4-5H,3,6-8H2,1-2H3,(H,14,18)(H,16,17). The Morgan fingerprint density at radius 1 is 1.44 bits per heavy atom. The first-order valence-electron chi connectivity index (χ1n) is 6.10. The molecule has 1 heterocycles. The van der Waals surface area contributed by atoms with E-state index in [0.29, 0.717) is 5.69 Å². The summed E-state index contributed by atoms with van der Waals surface area (Å²) in [5.74, 6) is -1.05. The summed E-state index contributed by atoms with van der Waals surface area (Å²) in [7, 11) is 1.83. The maximum atomic E-state index is 12.1. The van der Waals surface area contributed by atoms with E-state index in [1.807, 2.05) is 24.6 Å². The van der Waals surface area contributed by atoms with Crippen LogP contribution in [0, 0.1) is 6.92 Å². The van der Waals surface area contributed by atoms with Crippen molar-refractivity contribution in [3.05, 3.63) is 23.5 Å². The Morgan fingerprint density at radius 3 is 2.50 bits per heavy atom. The van der Waals surface area contributed by atoms with Crippen molar-refractivity contribution in [1.82, 2.24) is 9.88 Å². The fraction of sp³-hybridized carbons (Fsp3) is 0.538. The molecule has 1 aromatic rings. The Morgan fingerprint density at radius 2 is 2.11 bits per heavy atom. The summed E-state index contributed by atoms with van der Waals surface area (Å²) >= 11 is 0. The molecule has 1 amide bonds. The van der Waals surface area contributed by atoms with Crippen LogP contribution in [0.25, 0.3) is 0 Å². The summed E-state index contributed by atoms with van der Waals surface area (Å²) in [6.07, 6.45) is 2.46. The molecule has 0 unspecified atom stereocenters. The summed E-state index contributed by atoms with van der Waals surface area (Å²) in [6, 6.07) is 3.64. The van der Waals surface area contributed by atoms with E-state index in [4.69, 9.17) is 5.11 Å². The number of amides is 1. The predicted octanol–water partition coefficient (Wildman–Crippen LogP) is 1.46. The lowest BCUT2D eigenvalue weighted by atomic mass is 9.74. The number of carbonyl (C=O) groups excluding carboxylic acids is 1. The van der Waals surface area contributed by atoms with Gasteiger partial charge in [0.05, 0.1) is 12.0 Å². The smallest absolute Gasteiger partial charge is 0.305 e. The molecule has 18 heavy (non-hydrogen) atoms. The van der Waals surface area contributed by atoms with Crippen molar-refractivity contribution in [1.29, 1.82) is 0 Å². The Kier molecular flexibility index (Phi) is 3.15. The summed E-state index contributed by atoms with van der Waals surface area (Å²) in [5.41, 5.74) is 1.03. The van der Waals surface area contributed by atoms with E-state index in [1.54, 1.807) is 6.07 Å². The normalized spacial score (nSPS) is 17.0. The third kappa shape index (κ3) is 2.25. The lowest BCUT2D eigenvalue weighted by molar-refractivity contribution is -0.139. The van der Waals surface area contributed by atoms with Crippen molar-refractivity contribution in [3.8, 4) is 0 Å². The van der Waals surface area contributed by atoms with Gasteiger partial charge >= 0.3 is 5.97 Å². The first-order valence-corrected chi connectivity index (χ1v) is 6.10. The van der Waals surface area contributed by atoms with Crippen LogP contribution in [0.1, 0.15) is 41.9 Å². The Hall–Kier alpha value is -1.78. The zero-order valence-corrected chi connectivity index (χ0v) is 10.7. The molecular formula is C13H18N2O3. The molecular weight excluding hydrogens is 232 g/mol. The van der Waals surface area contributed by atoms with Crippen molar-refractivity contribution in [3.63, 3.8) is 0 Å². The average Bonchev–Trinajstić information content (AvgIpc) is 2.56. The van der Waals surface area contributed by atoms with Crippen LogP contribution in [0.5, 0.6) is 0 Å². The highest BCUT2D eigenvalue weighted by molar-refractivity contribution is 5.93. The molecule has 1 aromatic heterocycles. The highest BCUT2D eigenvalue weighted by Crippen LogP contribution is 2.35. The molecule has 1 fully saturated rings. The van der Waals surface area contributed by atoms with E-state index in [9.17, 15) is 9.59 Å². The van der Waals surface area contributed by atoms with Crippen LogP contribution in [0.4, 0.5) is 0 Å². The van der Waals surface area contributed by atoms with Crippen LogP contribution < -0.4 is 5.32 Å². The van der Waals surface area contributed by atoms with Gasteiger partial charge in [0.2, 0.25) is 0 Å². The molecule has 98 valence electrons. The van der Waals surface area contributed by atoms with Gasteiger partial charge in [-0.3, -0.25) is 9.59 Å². The molecule has 0 atom stereocenters. The lowest BCUT2D eigenvalue weighted by Crippen LogP contribution is -2.54. The van der Waals surface area contributed by atoms with E-state index >= 15 is 0 Å². The van der Waals surface area contributed by atoms with Crippen LogP contribution in [0.15, 0.2) is 12.1 Å². The molecule has 0 spiro atoms. The van der Waals surface area contributed by atoms with Gasteiger partial charge in [0.1, 0.15) is 5.69 Å². The molecule has 1 saturated carbocycles. The molecule has 0 aromatic carbocycles. The molecule has 1 aliphatic carbocycles. The number of rotatable bonds is 4. The average molecular weight is 250 g/mol. The van der Waals surface area contributed by atoms with Crippen molar-refractivity contribution in [2.24, 2.45) is 7.05 Å². The summed E-state index contributed by atoms with van der Waals surface area (Å²) < 4.78 is 1.81. The second-order valence-corrected chi connectivity index (χ2v) is 5.08. The number of carbonyl (C=O) groups is 2. The number of nitrogens with zero attached hydrogens (tertiary/aromatic N) is 1. The van der Waals surface area contributed by atoms with Gasteiger partial charge in [-0.05, 0) is 38.3 Å². The Balaban J connectivity index is 2.11. The molecule has 0 bridgehead atoms. The van der Waals surface area contributed by atoms with Crippen LogP contribution in [0.2, 0.25) is 0 Å². The molecule has 2 rings (SSSR count). The number of hydrogen-bond donors (Lipinski definition) is 2. The van der Waals surface area contributed by atoms with Gasteiger partial charge in [0.15, 0.2) is 0 Å². The molecule has 1 aliphatic rings. The molecule has 2 N–H and O–H groups in total. The second-order valence-electron chi connectivity index (χ2n) is 5.08. The molecule has 5 heteroatoms. The molecule has 0 saturated heterocycles. The number of carboxylic acids is 1. The topological polar surface area (TPSA) is 71.3 Å². The number of carboxylic acid groups (broad SMARTS) is 1. The molecule has 5 nitrogen and oxygen atoms in total. The highest BCUT2D eigenvalue weighted by Gasteiger charge is 2.40. The van der Waals surface area contributed by atoms with Gasteiger partial charge < -0.3 is 15.0 Å². The van der Waals surface area contributed by atoms with Crippen molar-refractivity contribution >= 4 is 11.9 Å². The second kappa shape index (κ2) is 4.48. The zero-order valence-electron chi connectivity index (χ0n) is 10.7. The summed E-state index contributed by atoms with van der Waals surface area (Å²) in [5, 5.41) is 11.8. The van der Waals surface area contributed by atoms with E-state index in [0.717, 1.165) is 25.0 Å². The van der Waals surface area contributed by atoms with E-state index in [-0.39, 0.29) is 12.3 Å². The van der Waals surface area contributed by atoms with Crippen molar-refractivity contribution < 1.29 is 14.7 Å². The SMILES string of the molecule is Cc1ccc(C(=O)NC2(CC(=O)O)CCC2)n1C. The monoisotopic (exact) mass is 250 g/mol. The zero-order chi connectivity index (χ0) is 13.3. The van der Waals surface area contributed by atoms with E-state index < -0.39 is 11.5 Å². The van der Waals surface area contributed by atoms with Crippen molar-refractivity contribution in [2.75, 3.05) is 0 Å². The Bertz CT molecular complexity index is 486. The third-order valence-electron chi connectivity index (χ3n) is 3.78. The predicted molar refractivity (Wildman–Crippen MR) is 66.5 cm³/mol. The Labute approximate surface area is 106 Å². The minimum Gasteiger partial charge on any atom is -0.481 e. The molecule has 0 radical (unpaired) electrons. The number of aromatic nitrogens is 1. The third-order valence-corrected chi connectivity index (χ3v) is 3.78. The van der Waals surface area contributed by atoms with Crippen molar-refractivity contribution in [2.45, 2.75) is 38.1 Å². The van der Waals surface area contributed by atoms with Gasteiger partial charge in [0.25, 0.3) is 5.91 Å². The molecule has 0 aliphatic heterocycles.